The first-order chi connectivity index (χ1) is 8.24. The molecule has 0 radical (unpaired) electrons. The van der Waals surface area contributed by atoms with Crippen molar-refractivity contribution in [2.75, 3.05) is 6.54 Å². The first kappa shape index (κ1) is 14.0. The third-order valence-electron chi connectivity index (χ3n) is 3.21. The number of hydrogen-bond acceptors (Lipinski definition) is 2. The van der Waals surface area contributed by atoms with Gasteiger partial charge in [-0.2, -0.15) is 0 Å². The van der Waals surface area contributed by atoms with Crippen molar-refractivity contribution in [1.29, 1.82) is 0 Å². The molecule has 0 aromatic heterocycles. The van der Waals surface area contributed by atoms with E-state index in [1.54, 1.807) is 0 Å². The summed E-state index contributed by atoms with van der Waals surface area (Å²) in [5.74, 6) is -0.944. The first-order valence-electron chi connectivity index (χ1n) is 6.82. The van der Waals surface area contributed by atoms with Gasteiger partial charge in [0, 0.05) is 12.6 Å². The van der Waals surface area contributed by atoms with E-state index in [1.807, 2.05) is 0 Å². The van der Waals surface area contributed by atoms with Crippen molar-refractivity contribution in [1.82, 2.24) is 10.6 Å². The Kier molecular flexibility index (Phi) is 6.67. The van der Waals surface area contributed by atoms with E-state index in [0.717, 1.165) is 44.9 Å². The molecule has 1 aliphatic rings. The summed E-state index contributed by atoms with van der Waals surface area (Å²) in [6, 6.07) is 0.206. The normalized spacial score (nSPS) is 16.5. The summed E-state index contributed by atoms with van der Waals surface area (Å²) in [5.41, 5.74) is 0. The Hall–Kier alpha value is -1.06. The lowest BCUT2D eigenvalue weighted by molar-refractivity contribution is -0.139. The molecule has 4 heteroatoms. The van der Waals surface area contributed by atoms with E-state index in [9.17, 15) is 9.59 Å². The van der Waals surface area contributed by atoms with Gasteiger partial charge in [0.15, 0.2) is 0 Å². The topological polar surface area (TPSA) is 58.2 Å². The van der Waals surface area contributed by atoms with Gasteiger partial charge in [-0.05, 0) is 19.3 Å². The first-order valence-corrected chi connectivity index (χ1v) is 6.82. The van der Waals surface area contributed by atoms with Crippen LogP contribution in [0.3, 0.4) is 0 Å². The predicted octanol–water partition coefficient (Wildman–Crippen LogP) is 1.74. The third-order valence-corrected chi connectivity index (χ3v) is 3.21. The molecule has 1 rings (SSSR count). The fourth-order valence-corrected chi connectivity index (χ4v) is 2.16. The van der Waals surface area contributed by atoms with Crippen LogP contribution in [-0.4, -0.2) is 24.4 Å². The largest absolute Gasteiger partial charge is 0.348 e. The molecule has 98 valence electrons. The zero-order valence-corrected chi connectivity index (χ0v) is 10.8. The van der Waals surface area contributed by atoms with Gasteiger partial charge in [-0.15, -0.1) is 0 Å². The maximum atomic E-state index is 11.6. The minimum atomic E-state index is -0.480. The SMILES string of the molecule is CCCCCNC(=O)C(=O)NC1CCCCC1. The molecule has 2 N–H and O–H groups in total. The van der Waals surface area contributed by atoms with E-state index in [0.29, 0.717) is 6.54 Å². The molecule has 0 aromatic rings. The van der Waals surface area contributed by atoms with Crippen LogP contribution < -0.4 is 10.6 Å². The van der Waals surface area contributed by atoms with Crippen LogP contribution in [0.15, 0.2) is 0 Å². The second-order valence-corrected chi connectivity index (χ2v) is 4.77. The monoisotopic (exact) mass is 240 g/mol. The van der Waals surface area contributed by atoms with Crippen molar-refractivity contribution in [2.45, 2.75) is 64.3 Å². The highest BCUT2D eigenvalue weighted by molar-refractivity contribution is 6.35. The van der Waals surface area contributed by atoms with Gasteiger partial charge in [-0.1, -0.05) is 39.0 Å². The minimum Gasteiger partial charge on any atom is -0.348 e. The van der Waals surface area contributed by atoms with Crippen LogP contribution >= 0.6 is 0 Å². The van der Waals surface area contributed by atoms with Crippen molar-refractivity contribution < 1.29 is 9.59 Å². The second kappa shape index (κ2) is 8.09. The summed E-state index contributed by atoms with van der Waals surface area (Å²) in [7, 11) is 0. The number of hydrogen-bond donors (Lipinski definition) is 2. The number of unbranched alkanes of at least 4 members (excludes halogenated alkanes) is 2. The van der Waals surface area contributed by atoms with Gasteiger partial charge in [-0.25, -0.2) is 0 Å². The molecule has 0 aromatic carbocycles. The van der Waals surface area contributed by atoms with E-state index in [2.05, 4.69) is 17.6 Å². The molecule has 0 unspecified atom stereocenters. The summed E-state index contributed by atoms with van der Waals surface area (Å²) in [4.78, 5) is 23.0. The van der Waals surface area contributed by atoms with Crippen LogP contribution in [0.2, 0.25) is 0 Å². The minimum absolute atomic E-state index is 0.206. The molecule has 1 aliphatic carbocycles. The lowest BCUT2D eigenvalue weighted by Crippen LogP contribution is -2.45. The highest BCUT2D eigenvalue weighted by atomic mass is 16.2. The quantitative estimate of drug-likeness (QED) is 0.568. The van der Waals surface area contributed by atoms with Gasteiger partial charge >= 0.3 is 11.8 Å². The molecule has 0 bridgehead atoms. The Labute approximate surface area is 104 Å². The maximum Gasteiger partial charge on any atom is 0.309 e. The number of rotatable bonds is 5. The number of carbonyl (C=O) groups is 2. The van der Waals surface area contributed by atoms with Crippen molar-refractivity contribution in [3.8, 4) is 0 Å². The van der Waals surface area contributed by atoms with Gasteiger partial charge in [0.2, 0.25) is 0 Å². The molecule has 0 heterocycles. The van der Waals surface area contributed by atoms with E-state index in [-0.39, 0.29) is 6.04 Å². The zero-order chi connectivity index (χ0) is 12.5. The molecular weight excluding hydrogens is 216 g/mol. The van der Waals surface area contributed by atoms with E-state index in [1.165, 1.54) is 6.42 Å². The highest BCUT2D eigenvalue weighted by Crippen LogP contribution is 2.17. The molecule has 0 atom stereocenters. The lowest BCUT2D eigenvalue weighted by atomic mass is 9.95. The van der Waals surface area contributed by atoms with Crippen LogP contribution in [-0.2, 0) is 9.59 Å². The third kappa shape index (κ3) is 5.71. The summed E-state index contributed by atoms with van der Waals surface area (Å²) >= 11 is 0. The van der Waals surface area contributed by atoms with Crippen molar-refractivity contribution in [3.05, 3.63) is 0 Å². The molecule has 0 aliphatic heterocycles. The Morgan fingerprint density at radius 1 is 1.06 bits per heavy atom. The van der Waals surface area contributed by atoms with Crippen LogP contribution in [0, 0.1) is 0 Å². The zero-order valence-electron chi connectivity index (χ0n) is 10.8. The van der Waals surface area contributed by atoms with Crippen molar-refractivity contribution >= 4 is 11.8 Å². The molecule has 2 amide bonds. The summed E-state index contributed by atoms with van der Waals surface area (Å²) in [6.07, 6.45) is 8.72. The average molecular weight is 240 g/mol. The summed E-state index contributed by atoms with van der Waals surface area (Å²) in [6.45, 7) is 2.71. The van der Waals surface area contributed by atoms with E-state index < -0.39 is 11.8 Å². The molecule has 1 saturated carbocycles. The van der Waals surface area contributed by atoms with Crippen molar-refractivity contribution in [2.24, 2.45) is 0 Å². The van der Waals surface area contributed by atoms with Crippen molar-refractivity contribution in [3.63, 3.8) is 0 Å². The second-order valence-electron chi connectivity index (χ2n) is 4.77. The Morgan fingerprint density at radius 2 is 1.76 bits per heavy atom. The summed E-state index contributed by atoms with van der Waals surface area (Å²) in [5, 5.41) is 5.46. The van der Waals surface area contributed by atoms with Crippen LogP contribution in [0.1, 0.15) is 58.3 Å². The van der Waals surface area contributed by atoms with Gasteiger partial charge in [0.05, 0.1) is 0 Å². The standard InChI is InChI=1S/C13H24N2O2/c1-2-3-7-10-14-12(16)13(17)15-11-8-5-4-6-9-11/h11H,2-10H2,1H3,(H,14,16)(H,15,17). The van der Waals surface area contributed by atoms with E-state index >= 15 is 0 Å². The Morgan fingerprint density at radius 3 is 2.41 bits per heavy atom. The number of nitrogens with one attached hydrogen (secondary N) is 2. The lowest BCUT2D eigenvalue weighted by Gasteiger charge is -2.22. The highest BCUT2D eigenvalue weighted by Gasteiger charge is 2.19. The Bertz CT molecular complexity index is 248. The van der Waals surface area contributed by atoms with Gasteiger partial charge in [0.1, 0.15) is 0 Å². The fraction of sp³-hybridized carbons (Fsp3) is 0.846. The molecular formula is C13H24N2O2. The van der Waals surface area contributed by atoms with E-state index in [4.69, 9.17) is 0 Å². The van der Waals surface area contributed by atoms with Crippen LogP contribution in [0.25, 0.3) is 0 Å². The molecule has 1 fully saturated rings. The molecule has 4 nitrogen and oxygen atoms in total. The van der Waals surface area contributed by atoms with Gasteiger partial charge in [0.25, 0.3) is 0 Å². The average Bonchev–Trinajstić information content (AvgIpc) is 2.35. The van der Waals surface area contributed by atoms with Gasteiger partial charge < -0.3 is 10.6 Å². The maximum absolute atomic E-state index is 11.6. The smallest absolute Gasteiger partial charge is 0.309 e. The number of carbonyl (C=O) groups excluding carboxylic acids is 2. The fourth-order valence-electron chi connectivity index (χ4n) is 2.16. The predicted molar refractivity (Wildman–Crippen MR) is 67.6 cm³/mol. The molecule has 0 saturated heterocycles. The summed E-state index contributed by atoms with van der Waals surface area (Å²) < 4.78 is 0. The Balaban J connectivity index is 2.15. The van der Waals surface area contributed by atoms with Crippen LogP contribution in [0.4, 0.5) is 0 Å². The van der Waals surface area contributed by atoms with Gasteiger partial charge in [-0.3, -0.25) is 9.59 Å². The van der Waals surface area contributed by atoms with Crippen LogP contribution in [0.5, 0.6) is 0 Å². The molecule has 17 heavy (non-hydrogen) atoms. The molecule has 0 spiro atoms. The number of amides is 2.